The highest BCUT2D eigenvalue weighted by atomic mass is 31.2. The fourth-order valence-electron chi connectivity index (χ4n) is 1.43. The van der Waals surface area contributed by atoms with Gasteiger partial charge in [0.2, 0.25) is 0 Å². The van der Waals surface area contributed by atoms with Crippen molar-refractivity contribution in [2.24, 2.45) is 5.92 Å². The third-order valence-corrected chi connectivity index (χ3v) is 4.11. The average Bonchev–Trinajstić information content (AvgIpc) is 2.15. The molecular weight excluding hydrogens is 239 g/mol. The summed E-state index contributed by atoms with van der Waals surface area (Å²) in [6.07, 6.45) is 1.92. The molecule has 0 aromatic rings. The standard InChI is InChI=1S/C12H23O4P/c1-6-15-17(14,16-7-2)12(8-10(3)4)9-11(5)13/h8,10H,6-7,9H2,1-5H3/b12-8-. The molecule has 0 N–H and O–H groups in total. The largest absolute Gasteiger partial charge is 0.357 e. The van der Waals surface area contributed by atoms with Crippen molar-refractivity contribution >= 4 is 13.4 Å². The molecule has 0 fully saturated rings. The van der Waals surface area contributed by atoms with Gasteiger partial charge in [0.05, 0.1) is 13.2 Å². The van der Waals surface area contributed by atoms with Crippen LogP contribution in [-0.2, 0) is 18.4 Å². The van der Waals surface area contributed by atoms with Crippen LogP contribution >= 0.6 is 7.60 Å². The van der Waals surface area contributed by atoms with E-state index in [1.54, 1.807) is 19.9 Å². The lowest BCUT2D eigenvalue weighted by Gasteiger charge is -2.20. The van der Waals surface area contributed by atoms with E-state index >= 15 is 0 Å². The highest BCUT2D eigenvalue weighted by Gasteiger charge is 2.30. The summed E-state index contributed by atoms with van der Waals surface area (Å²) in [4.78, 5) is 11.2. The first-order valence-corrected chi connectivity index (χ1v) is 7.49. The fraction of sp³-hybridized carbons (Fsp3) is 0.750. The van der Waals surface area contributed by atoms with Crippen molar-refractivity contribution in [2.45, 2.75) is 41.0 Å². The molecule has 0 atom stereocenters. The molecule has 4 nitrogen and oxygen atoms in total. The van der Waals surface area contributed by atoms with Crippen molar-refractivity contribution in [1.82, 2.24) is 0 Å². The van der Waals surface area contributed by atoms with Crippen LogP contribution in [0.5, 0.6) is 0 Å². The molecular formula is C12H23O4P. The fourth-order valence-corrected chi connectivity index (χ4v) is 3.41. The molecule has 5 heteroatoms. The zero-order valence-electron chi connectivity index (χ0n) is 11.4. The smallest absolute Gasteiger partial charge is 0.306 e. The van der Waals surface area contributed by atoms with E-state index in [-0.39, 0.29) is 18.1 Å². The first-order chi connectivity index (χ1) is 7.85. The van der Waals surface area contributed by atoms with Gasteiger partial charge in [-0.25, -0.2) is 0 Å². The van der Waals surface area contributed by atoms with Crippen molar-refractivity contribution in [3.05, 3.63) is 11.4 Å². The Morgan fingerprint density at radius 2 is 1.71 bits per heavy atom. The molecule has 0 aromatic carbocycles. The van der Waals surface area contributed by atoms with E-state index in [1.807, 2.05) is 13.8 Å². The van der Waals surface area contributed by atoms with Gasteiger partial charge in [-0.15, -0.1) is 0 Å². The highest BCUT2D eigenvalue weighted by molar-refractivity contribution is 7.58. The lowest BCUT2D eigenvalue weighted by atomic mass is 10.2. The molecule has 0 aliphatic carbocycles. The average molecular weight is 262 g/mol. The predicted octanol–water partition coefficient (Wildman–Crippen LogP) is 3.77. The summed E-state index contributed by atoms with van der Waals surface area (Å²) in [5, 5.41) is 0.476. The summed E-state index contributed by atoms with van der Waals surface area (Å²) in [5.41, 5.74) is 0. The molecule has 0 saturated heterocycles. The van der Waals surface area contributed by atoms with Gasteiger partial charge in [0.1, 0.15) is 5.78 Å². The first-order valence-electron chi connectivity index (χ1n) is 5.95. The summed E-state index contributed by atoms with van der Waals surface area (Å²) in [6, 6.07) is 0. The second-order valence-corrected chi connectivity index (χ2v) is 6.20. The Balaban J connectivity index is 5.21. The minimum atomic E-state index is -3.30. The molecule has 0 saturated carbocycles. The lowest BCUT2D eigenvalue weighted by molar-refractivity contribution is -0.116. The van der Waals surface area contributed by atoms with E-state index in [1.165, 1.54) is 6.92 Å². The zero-order valence-corrected chi connectivity index (χ0v) is 12.3. The molecule has 0 aromatic heterocycles. The molecule has 0 bridgehead atoms. The Labute approximate surface area is 104 Å². The highest BCUT2D eigenvalue weighted by Crippen LogP contribution is 2.57. The van der Waals surface area contributed by atoms with Gasteiger partial charge in [0, 0.05) is 11.7 Å². The molecule has 0 heterocycles. The van der Waals surface area contributed by atoms with Crippen LogP contribution in [0.25, 0.3) is 0 Å². The summed E-state index contributed by atoms with van der Waals surface area (Å²) in [5.74, 6) is 0.148. The minimum absolute atomic E-state index is 0.0449. The van der Waals surface area contributed by atoms with E-state index in [9.17, 15) is 9.36 Å². The van der Waals surface area contributed by atoms with Gasteiger partial charge in [-0.05, 0) is 26.7 Å². The van der Waals surface area contributed by atoms with E-state index in [2.05, 4.69) is 0 Å². The van der Waals surface area contributed by atoms with Crippen LogP contribution in [0.2, 0.25) is 0 Å². The molecule has 0 unspecified atom stereocenters. The van der Waals surface area contributed by atoms with Crippen molar-refractivity contribution < 1.29 is 18.4 Å². The van der Waals surface area contributed by atoms with E-state index in [4.69, 9.17) is 9.05 Å². The van der Waals surface area contributed by atoms with Crippen molar-refractivity contribution in [3.8, 4) is 0 Å². The Morgan fingerprint density at radius 1 is 1.24 bits per heavy atom. The third-order valence-electron chi connectivity index (χ3n) is 1.91. The van der Waals surface area contributed by atoms with Crippen LogP contribution in [0, 0.1) is 5.92 Å². The molecule has 0 spiro atoms. The van der Waals surface area contributed by atoms with Crippen LogP contribution in [0.3, 0.4) is 0 Å². The third kappa shape index (κ3) is 6.16. The van der Waals surface area contributed by atoms with Crippen molar-refractivity contribution in [3.63, 3.8) is 0 Å². The molecule has 0 amide bonds. The molecule has 0 aliphatic heterocycles. The number of carbonyl (C=O) groups is 1. The maximum atomic E-state index is 12.5. The molecule has 0 aliphatic rings. The molecule has 100 valence electrons. The van der Waals surface area contributed by atoms with Gasteiger partial charge in [0.25, 0.3) is 0 Å². The van der Waals surface area contributed by atoms with Gasteiger partial charge in [-0.2, -0.15) is 0 Å². The zero-order chi connectivity index (χ0) is 13.5. The number of hydrogen-bond donors (Lipinski definition) is 0. The van der Waals surface area contributed by atoms with Gasteiger partial charge in [0.15, 0.2) is 0 Å². The normalized spacial score (nSPS) is 13.2. The topological polar surface area (TPSA) is 52.6 Å². The van der Waals surface area contributed by atoms with Crippen LogP contribution in [0.15, 0.2) is 11.4 Å². The van der Waals surface area contributed by atoms with E-state index in [0.29, 0.717) is 18.5 Å². The van der Waals surface area contributed by atoms with Crippen LogP contribution in [0.1, 0.15) is 41.0 Å². The number of rotatable bonds is 8. The van der Waals surface area contributed by atoms with Crippen LogP contribution in [-0.4, -0.2) is 19.0 Å². The molecule has 0 rings (SSSR count). The number of allylic oxidation sites excluding steroid dienone is 2. The Kier molecular flexibility index (Phi) is 7.60. The van der Waals surface area contributed by atoms with Crippen molar-refractivity contribution in [2.75, 3.05) is 13.2 Å². The van der Waals surface area contributed by atoms with Gasteiger partial charge >= 0.3 is 7.60 Å². The number of Topliss-reactive ketones (excluding diaryl/α,β-unsaturated/α-hetero) is 1. The first kappa shape index (κ1) is 16.6. The maximum absolute atomic E-state index is 12.5. The predicted molar refractivity (Wildman–Crippen MR) is 69.1 cm³/mol. The van der Waals surface area contributed by atoms with Crippen molar-refractivity contribution in [1.29, 1.82) is 0 Å². The maximum Gasteiger partial charge on any atom is 0.357 e. The second kappa shape index (κ2) is 7.80. The Bertz CT molecular complexity index is 310. The van der Waals surface area contributed by atoms with E-state index < -0.39 is 7.60 Å². The van der Waals surface area contributed by atoms with Crippen LogP contribution in [0.4, 0.5) is 0 Å². The van der Waals surface area contributed by atoms with Gasteiger partial charge in [-0.1, -0.05) is 19.9 Å². The monoisotopic (exact) mass is 262 g/mol. The number of ketones is 1. The van der Waals surface area contributed by atoms with Gasteiger partial charge in [-0.3, -0.25) is 9.36 Å². The summed E-state index contributed by atoms with van der Waals surface area (Å²) < 4.78 is 23.0. The molecule has 0 radical (unpaired) electrons. The molecule has 17 heavy (non-hydrogen) atoms. The van der Waals surface area contributed by atoms with E-state index in [0.717, 1.165) is 0 Å². The summed E-state index contributed by atoms with van der Waals surface area (Å²) in [6.45, 7) is 9.50. The Hall–Kier alpha value is -0.440. The SMILES string of the molecule is CCOP(=O)(OCC)/C(=C\C(C)C)CC(C)=O. The number of carbonyl (C=O) groups excluding carboxylic acids is 1. The van der Waals surface area contributed by atoms with Gasteiger partial charge < -0.3 is 9.05 Å². The lowest BCUT2D eigenvalue weighted by Crippen LogP contribution is -2.03. The second-order valence-electron chi connectivity index (χ2n) is 4.11. The van der Waals surface area contributed by atoms with Crippen LogP contribution < -0.4 is 0 Å². The summed E-state index contributed by atoms with van der Waals surface area (Å²) >= 11 is 0. The number of hydrogen-bond acceptors (Lipinski definition) is 4. The quantitative estimate of drug-likeness (QED) is 0.625. The summed E-state index contributed by atoms with van der Waals surface area (Å²) in [7, 11) is -3.30. The minimum Gasteiger partial charge on any atom is -0.306 e. The Morgan fingerprint density at radius 3 is 2.00 bits per heavy atom.